The fourth-order valence-corrected chi connectivity index (χ4v) is 3.97. The standard InChI is InChI=1S/C13H24F3N3O5SSi/c1-8-11(23-25(20,21)13(14,15)16)9(18-19-17)7-10(22-8)24-26(5,6)12(2,3)4/h8-11H,7H2,1-6H3/t8-,9-,10+,11+/m0/s1. The van der Waals surface area contributed by atoms with E-state index in [1.165, 1.54) is 6.92 Å². The van der Waals surface area contributed by atoms with Crippen molar-refractivity contribution in [3.8, 4) is 0 Å². The van der Waals surface area contributed by atoms with Gasteiger partial charge in [-0.25, -0.2) is 0 Å². The molecule has 1 heterocycles. The number of hydrogen-bond acceptors (Lipinski definition) is 6. The first-order chi connectivity index (χ1) is 11.5. The normalized spacial score (nSPS) is 28.5. The van der Waals surface area contributed by atoms with Crippen molar-refractivity contribution in [2.75, 3.05) is 0 Å². The van der Waals surface area contributed by atoms with Crippen molar-refractivity contribution in [1.29, 1.82) is 0 Å². The molecule has 0 aromatic rings. The van der Waals surface area contributed by atoms with E-state index in [9.17, 15) is 21.6 Å². The second-order valence-corrected chi connectivity index (χ2v) is 13.9. The lowest BCUT2D eigenvalue weighted by Gasteiger charge is -2.44. The van der Waals surface area contributed by atoms with Crippen molar-refractivity contribution in [3.05, 3.63) is 10.4 Å². The highest BCUT2D eigenvalue weighted by atomic mass is 32.2. The molecule has 0 unspecified atom stereocenters. The van der Waals surface area contributed by atoms with Crippen LogP contribution < -0.4 is 0 Å². The van der Waals surface area contributed by atoms with E-state index < -0.39 is 48.5 Å². The van der Waals surface area contributed by atoms with Crippen LogP contribution in [0.4, 0.5) is 13.2 Å². The monoisotopic (exact) mass is 419 g/mol. The van der Waals surface area contributed by atoms with E-state index in [2.05, 4.69) is 14.2 Å². The number of halogens is 3. The summed E-state index contributed by atoms with van der Waals surface area (Å²) in [4.78, 5) is 2.59. The van der Waals surface area contributed by atoms with Crippen molar-refractivity contribution in [2.45, 2.75) is 82.3 Å². The molecule has 0 aromatic carbocycles. The van der Waals surface area contributed by atoms with Gasteiger partial charge in [0.05, 0.1) is 12.1 Å². The predicted octanol–water partition coefficient (Wildman–Crippen LogP) is 4.06. The van der Waals surface area contributed by atoms with Crippen LogP contribution in [0.1, 0.15) is 34.1 Å². The fraction of sp³-hybridized carbons (Fsp3) is 1.00. The summed E-state index contributed by atoms with van der Waals surface area (Å²) in [6.45, 7) is 11.3. The van der Waals surface area contributed by atoms with Crippen molar-refractivity contribution in [2.24, 2.45) is 5.11 Å². The zero-order chi connectivity index (χ0) is 20.6. The molecule has 13 heteroatoms. The summed E-state index contributed by atoms with van der Waals surface area (Å²) in [6, 6.07) is -1.18. The first-order valence-electron chi connectivity index (χ1n) is 7.89. The van der Waals surface area contributed by atoms with Gasteiger partial charge in [0.25, 0.3) is 0 Å². The fourth-order valence-electron chi connectivity index (χ4n) is 2.12. The van der Waals surface area contributed by atoms with Gasteiger partial charge < -0.3 is 9.16 Å². The summed E-state index contributed by atoms with van der Waals surface area (Å²) in [6.07, 6.45) is -3.64. The lowest BCUT2D eigenvalue weighted by molar-refractivity contribution is -0.187. The molecule has 1 rings (SSSR count). The first-order valence-corrected chi connectivity index (χ1v) is 12.2. The summed E-state index contributed by atoms with van der Waals surface area (Å²) in [5, 5.41) is 3.25. The van der Waals surface area contributed by atoms with Crippen LogP contribution >= 0.6 is 0 Å². The molecule has 0 aliphatic carbocycles. The third-order valence-electron chi connectivity index (χ3n) is 4.60. The first kappa shape index (κ1) is 23.2. The van der Waals surface area contributed by atoms with Crippen molar-refractivity contribution in [1.82, 2.24) is 0 Å². The number of hydrogen-bond donors (Lipinski definition) is 0. The van der Waals surface area contributed by atoms with Crippen molar-refractivity contribution < 1.29 is 34.9 Å². The van der Waals surface area contributed by atoms with Gasteiger partial charge in [0.1, 0.15) is 12.4 Å². The highest BCUT2D eigenvalue weighted by Gasteiger charge is 2.52. The molecule has 1 aliphatic rings. The molecule has 1 aliphatic heterocycles. The van der Waals surface area contributed by atoms with Crippen LogP contribution in [0.3, 0.4) is 0 Å². The summed E-state index contributed by atoms with van der Waals surface area (Å²) in [5.41, 5.74) is 3.11. The van der Waals surface area contributed by atoms with E-state index in [1.54, 1.807) is 0 Å². The van der Waals surface area contributed by atoms with E-state index in [0.29, 0.717) is 0 Å². The Morgan fingerprint density at radius 2 is 1.81 bits per heavy atom. The zero-order valence-corrected chi connectivity index (χ0v) is 17.3. The molecule has 1 fully saturated rings. The van der Waals surface area contributed by atoms with E-state index in [0.717, 1.165) is 0 Å². The zero-order valence-electron chi connectivity index (χ0n) is 15.4. The molecule has 8 nitrogen and oxygen atoms in total. The molecule has 1 saturated heterocycles. The van der Waals surface area contributed by atoms with E-state index >= 15 is 0 Å². The Morgan fingerprint density at radius 1 is 1.27 bits per heavy atom. The highest BCUT2D eigenvalue weighted by molar-refractivity contribution is 7.87. The van der Waals surface area contributed by atoms with Crippen LogP contribution in [0.25, 0.3) is 10.4 Å². The van der Waals surface area contributed by atoms with Gasteiger partial charge >= 0.3 is 15.6 Å². The average Bonchev–Trinajstić information content (AvgIpc) is 2.40. The largest absolute Gasteiger partial charge is 0.523 e. The summed E-state index contributed by atoms with van der Waals surface area (Å²) >= 11 is 0. The van der Waals surface area contributed by atoms with Gasteiger partial charge in [0.2, 0.25) is 0 Å². The molecule has 0 radical (unpaired) electrons. The van der Waals surface area contributed by atoms with Crippen molar-refractivity contribution in [3.63, 3.8) is 0 Å². The Bertz CT molecular complexity index is 659. The molecule has 152 valence electrons. The number of ether oxygens (including phenoxy) is 1. The third kappa shape index (κ3) is 5.33. The van der Waals surface area contributed by atoms with Gasteiger partial charge in [-0.05, 0) is 30.6 Å². The van der Waals surface area contributed by atoms with E-state index in [1.807, 2.05) is 33.9 Å². The molecule has 0 spiro atoms. The van der Waals surface area contributed by atoms with Crippen LogP contribution in [-0.4, -0.2) is 46.8 Å². The second kappa shape index (κ2) is 7.64. The van der Waals surface area contributed by atoms with Crippen LogP contribution in [0.5, 0.6) is 0 Å². The summed E-state index contributed by atoms with van der Waals surface area (Å²) < 4.78 is 76.2. The maximum Gasteiger partial charge on any atom is 0.523 e. The molecule has 0 N–H and O–H groups in total. The second-order valence-electron chi connectivity index (χ2n) is 7.62. The number of nitrogens with zero attached hydrogens (tertiary/aromatic N) is 3. The molecule has 0 aromatic heterocycles. The molecule has 0 saturated carbocycles. The van der Waals surface area contributed by atoms with Crippen LogP contribution in [0, 0.1) is 0 Å². The Kier molecular flexibility index (Phi) is 6.81. The SMILES string of the molecule is C[C@@H]1O[C@H](O[Si](C)(C)C(C)(C)C)C[C@H](N=[N+]=[N-])[C@@H]1OS(=O)(=O)C(F)(F)F. The minimum Gasteiger partial charge on any atom is -0.392 e. The van der Waals surface area contributed by atoms with Crippen LogP contribution in [0.15, 0.2) is 5.11 Å². The molecule has 0 amide bonds. The number of rotatable bonds is 5. The molecule has 26 heavy (non-hydrogen) atoms. The maximum absolute atomic E-state index is 12.6. The van der Waals surface area contributed by atoms with Gasteiger partial charge in [0, 0.05) is 11.3 Å². The van der Waals surface area contributed by atoms with Gasteiger partial charge in [0.15, 0.2) is 8.32 Å². The summed E-state index contributed by atoms with van der Waals surface area (Å²) in [7, 11) is -8.12. The maximum atomic E-state index is 12.6. The van der Waals surface area contributed by atoms with Crippen LogP contribution in [0.2, 0.25) is 18.1 Å². The smallest absolute Gasteiger partial charge is 0.392 e. The Morgan fingerprint density at radius 3 is 2.23 bits per heavy atom. The Balaban J connectivity index is 3.03. The van der Waals surface area contributed by atoms with E-state index in [-0.39, 0.29) is 11.5 Å². The highest BCUT2D eigenvalue weighted by Crippen LogP contribution is 2.40. The number of azide groups is 1. The average molecular weight is 419 g/mol. The van der Waals surface area contributed by atoms with Gasteiger partial charge in [-0.2, -0.15) is 21.6 Å². The molecular weight excluding hydrogens is 395 g/mol. The van der Waals surface area contributed by atoms with Crippen molar-refractivity contribution >= 4 is 18.4 Å². The lowest BCUT2D eigenvalue weighted by Crippen LogP contribution is -2.53. The Hall–Kier alpha value is -0.853. The topological polar surface area (TPSA) is 111 Å². The predicted molar refractivity (Wildman–Crippen MR) is 90.0 cm³/mol. The van der Waals surface area contributed by atoms with E-state index in [4.69, 9.17) is 14.7 Å². The van der Waals surface area contributed by atoms with Gasteiger partial charge in [-0.1, -0.05) is 25.9 Å². The number of alkyl halides is 3. The minimum atomic E-state index is -5.85. The molecule has 4 atom stereocenters. The van der Waals surface area contributed by atoms with Gasteiger partial charge in [-0.3, -0.25) is 4.18 Å². The third-order valence-corrected chi connectivity index (χ3v) is 10.1. The van der Waals surface area contributed by atoms with Crippen LogP contribution in [-0.2, 0) is 23.5 Å². The molecular formula is C13H24F3N3O5SSi. The summed E-state index contributed by atoms with van der Waals surface area (Å²) in [5.74, 6) is 0. The minimum absolute atomic E-state index is 0.112. The van der Waals surface area contributed by atoms with Gasteiger partial charge in [-0.15, -0.1) is 0 Å². The Labute approximate surface area is 151 Å². The quantitative estimate of drug-likeness (QED) is 0.167. The lowest BCUT2D eigenvalue weighted by atomic mass is 10.0. The molecule has 0 bridgehead atoms.